The third-order valence-corrected chi connectivity index (χ3v) is 2.93. The van der Waals surface area contributed by atoms with Gasteiger partial charge in [-0.05, 0) is 23.8 Å². The molecule has 0 spiro atoms. The summed E-state index contributed by atoms with van der Waals surface area (Å²) >= 11 is 0. The SMILES string of the molecule is NCc1ccc(OCc2ccc(C(F)(F)F)cc2)cc1F. The molecule has 0 atom stereocenters. The Kier molecular flexibility index (Phi) is 4.47. The van der Waals surface area contributed by atoms with Crippen molar-refractivity contribution in [1.82, 2.24) is 0 Å². The Bertz CT molecular complexity index is 608. The molecule has 0 aliphatic carbocycles. The minimum Gasteiger partial charge on any atom is -0.489 e. The van der Waals surface area contributed by atoms with E-state index >= 15 is 0 Å². The van der Waals surface area contributed by atoms with E-state index in [0.717, 1.165) is 12.1 Å². The summed E-state index contributed by atoms with van der Waals surface area (Å²) in [5.74, 6) is -0.174. The molecule has 0 aliphatic rings. The van der Waals surface area contributed by atoms with Gasteiger partial charge in [0.15, 0.2) is 0 Å². The molecule has 0 bridgehead atoms. The van der Waals surface area contributed by atoms with Crippen molar-refractivity contribution in [3.8, 4) is 5.75 Å². The first-order chi connectivity index (χ1) is 9.90. The molecular formula is C15H13F4NO. The first-order valence-electron chi connectivity index (χ1n) is 6.17. The molecular weight excluding hydrogens is 286 g/mol. The maximum Gasteiger partial charge on any atom is 0.416 e. The summed E-state index contributed by atoms with van der Waals surface area (Å²) in [7, 11) is 0. The Morgan fingerprint density at radius 2 is 1.67 bits per heavy atom. The number of halogens is 4. The zero-order chi connectivity index (χ0) is 15.5. The maximum atomic E-state index is 13.5. The fraction of sp³-hybridized carbons (Fsp3) is 0.200. The van der Waals surface area contributed by atoms with E-state index in [4.69, 9.17) is 10.5 Å². The number of hydrogen-bond acceptors (Lipinski definition) is 2. The van der Waals surface area contributed by atoms with Gasteiger partial charge in [0.2, 0.25) is 0 Å². The van der Waals surface area contributed by atoms with Crippen LogP contribution in [0.4, 0.5) is 17.6 Å². The number of hydrogen-bond donors (Lipinski definition) is 1. The molecule has 0 heterocycles. The van der Waals surface area contributed by atoms with Gasteiger partial charge in [0.1, 0.15) is 18.2 Å². The third-order valence-electron chi connectivity index (χ3n) is 2.93. The van der Waals surface area contributed by atoms with Gasteiger partial charge in [0, 0.05) is 18.2 Å². The van der Waals surface area contributed by atoms with Crippen LogP contribution in [0.2, 0.25) is 0 Å². The van der Waals surface area contributed by atoms with Gasteiger partial charge in [0.05, 0.1) is 5.56 Å². The Labute approximate surface area is 119 Å². The van der Waals surface area contributed by atoms with Gasteiger partial charge in [-0.2, -0.15) is 13.2 Å². The molecule has 0 aliphatic heterocycles. The Morgan fingerprint density at radius 3 is 2.19 bits per heavy atom. The van der Waals surface area contributed by atoms with Crippen LogP contribution < -0.4 is 10.5 Å². The Hall–Kier alpha value is -2.08. The van der Waals surface area contributed by atoms with E-state index in [0.29, 0.717) is 16.9 Å². The minimum atomic E-state index is -4.36. The summed E-state index contributed by atoms with van der Waals surface area (Å²) in [6.07, 6.45) is -4.36. The molecule has 2 aromatic carbocycles. The van der Waals surface area contributed by atoms with Crippen LogP contribution in [0.1, 0.15) is 16.7 Å². The highest BCUT2D eigenvalue weighted by Crippen LogP contribution is 2.29. The molecule has 0 saturated carbocycles. The smallest absolute Gasteiger partial charge is 0.416 e. The van der Waals surface area contributed by atoms with Crippen LogP contribution in [0.15, 0.2) is 42.5 Å². The maximum absolute atomic E-state index is 13.5. The molecule has 0 fully saturated rings. The second-order valence-corrected chi connectivity index (χ2v) is 4.44. The highest BCUT2D eigenvalue weighted by Gasteiger charge is 2.29. The van der Waals surface area contributed by atoms with Crippen molar-refractivity contribution in [2.24, 2.45) is 5.73 Å². The van der Waals surface area contributed by atoms with Gasteiger partial charge in [-0.25, -0.2) is 4.39 Å². The van der Waals surface area contributed by atoms with Crippen molar-refractivity contribution in [2.75, 3.05) is 0 Å². The molecule has 2 rings (SSSR count). The average molecular weight is 299 g/mol. The molecule has 21 heavy (non-hydrogen) atoms. The van der Waals surface area contributed by atoms with E-state index in [2.05, 4.69) is 0 Å². The molecule has 6 heteroatoms. The predicted molar refractivity (Wildman–Crippen MR) is 70.1 cm³/mol. The van der Waals surface area contributed by atoms with Crippen LogP contribution >= 0.6 is 0 Å². The predicted octanol–water partition coefficient (Wildman–Crippen LogP) is 3.88. The zero-order valence-electron chi connectivity index (χ0n) is 11.0. The summed E-state index contributed by atoms with van der Waals surface area (Å²) in [4.78, 5) is 0. The highest BCUT2D eigenvalue weighted by molar-refractivity contribution is 5.30. The number of rotatable bonds is 4. The fourth-order valence-electron chi connectivity index (χ4n) is 1.74. The first-order valence-corrected chi connectivity index (χ1v) is 6.17. The summed E-state index contributed by atoms with van der Waals surface area (Å²) in [6, 6.07) is 8.90. The molecule has 2 nitrogen and oxygen atoms in total. The van der Waals surface area contributed by atoms with E-state index in [1.165, 1.54) is 24.3 Å². The van der Waals surface area contributed by atoms with Crippen LogP contribution in [0, 0.1) is 5.82 Å². The Morgan fingerprint density at radius 1 is 1.00 bits per heavy atom. The van der Waals surface area contributed by atoms with Crippen molar-refractivity contribution >= 4 is 0 Å². The van der Waals surface area contributed by atoms with Crippen molar-refractivity contribution in [3.05, 3.63) is 65.0 Å². The largest absolute Gasteiger partial charge is 0.489 e. The van der Waals surface area contributed by atoms with Crippen LogP contribution in [-0.4, -0.2) is 0 Å². The monoisotopic (exact) mass is 299 g/mol. The fourth-order valence-corrected chi connectivity index (χ4v) is 1.74. The van der Waals surface area contributed by atoms with E-state index in [1.54, 1.807) is 6.07 Å². The number of benzene rings is 2. The van der Waals surface area contributed by atoms with Gasteiger partial charge in [-0.3, -0.25) is 0 Å². The molecule has 0 aromatic heterocycles. The van der Waals surface area contributed by atoms with Gasteiger partial charge in [-0.1, -0.05) is 18.2 Å². The van der Waals surface area contributed by atoms with Gasteiger partial charge in [-0.15, -0.1) is 0 Å². The van der Waals surface area contributed by atoms with Crippen molar-refractivity contribution in [2.45, 2.75) is 19.3 Å². The van der Waals surface area contributed by atoms with Gasteiger partial charge < -0.3 is 10.5 Å². The van der Waals surface area contributed by atoms with E-state index in [-0.39, 0.29) is 13.2 Å². The number of alkyl halides is 3. The van der Waals surface area contributed by atoms with Crippen LogP contribution in [-0.2, 0) is 19.3 Å². The quantitative estimate of drug-likeness (QED) is 0.870. The van der Waals surface area contributed by atoms with Gasteiger partial charge in [0.25, 0.3) is 0 Å². The van der Waals surface area contributed by atoms with Crippen molar-refractivity contribution in [1.29, 1.82) is 0 Å². The lowest BCUT2D eigenvalue weighted by molar-refractivity contribution is -0.137. The van der Waals surface area contributed by atoms with E-state index in [9.17, 15) is 17.6 Å². The van der Waals surface area contributed by atoms with E-state index < -0.39 is 17.6 Å². The number of ether oxygens (including phenoxy) is 1. The number of nitrogens with two attached hydrogens (primary N) is 1. The van der Waals surface area contributed by atoms with Crippen LogP contribution in [0.3, 0.4) is 0 Å². The van der Waals surface area contributed by atoms with E-state index in [1.807, 2.05) is 0 Å². The van der Waals surface area contributed by atoms with Crippen LogP contribution in [0.25, 0.3) is 0 Å². The second-order valence-electron chi connectivity index (χ2n) is 4.44. The second kappa shape index (κ2) is 6.13. The topological polar surface area (TPSA) is 35.2 Å². The first kappa shape index (κ1) is 15.3. The van der Waals surface area contributed by atoms with Crippen molar-refractivity contribution in [3.63, 3.8) is 0 Å². The Balaban J connectivity index is 2.01. The van der Waals surface area contributed by atoms with Crippen LogP contribution in [0.5, 0.6) is 5.75 Å². The van der Waals surface area contributed by atoms with Crippen molar-refractivity contribution < 1.29 is 22.3 Å². The molecule has 2 aromatic rings. The summed E-state index contributed by atoms with van der Waals surface area (Å²) in [5.41, 5.74) is 5.56. The minimum absolute atomic E-state index is 0.0551. The molecule has 0 unspecified atom stereocenters. The molecule has 0 amide bonds. The van der Waals surface area contributed by atoms with Gasteiger partial charge >= 0.3 is 6.18 Å². The highest BCUT2D eigenvalue weighted by atomic mass is 19.4. The normalized spacial score (nSPS) is 11.5. The lowest BCUT2D eigenvalue weighted by Gasteiger charge is -2.10. The summed E-state index contributed by atoms with van der Waals surface area (Å²) in [5, 5.41) is 0. The lowest BCUT2D eigenvalue weighted by atomic mass is 10.1. The summed E-state index contributed by atoms with van der Waals surface area (Å²) < 4.78 is 56.0. The zero-order valence-corrected chi connectivity index (χ0v) is 11.0. The summed E-state index contributed by atoms with van der Waals surface area (Å²) in [6.45, 7) is 0.143. The lowest BCUT2D eigenvalue weighted by Crippen LogP contribution is -2.05. The molecule has 2 N–H and O–H groups in total. The standard InChI is InChI=1S/C15H13F4NO/c16-14-7-13(6-3-11(14)8-20)21-9-10-1-4-12(5-2-10)15(17,18)19/h1-7H,8-9,20H2. The molecule has 0 saturated heterocycles. The average Bonchev–Trinajstić information content (AvgIpc) is 2.45. The molecule has 112 valence electrons. The molecule has 0 radical (unpaired) electrons. The third kappa shape index (κ3) is 3.95.